The van der Waals surface area contributed by atoms with Gasteiger partial charge in [0.05, 0.1) is 0 Å². The lowest BCUT2D eigenvalue weighted by Crippen LogP contribution is -2.10. The fourth-order valence-electron chi connectivity index (χ4n) is 2.18. The normalized spacial score (nSPS) is 12.4. The summed E-state index contributed by atoms with van der Waals surface area (Å²) < 4.78 is 27.1. The molecule has 4 heteroatoms. The second kappa shape index (κ2) is 7.19. The zero-order valence-corrected chi connectivity index (χ0v) is 13.1. The number of hydrogen-bond donors (Lipinski definition) is 0. The highest BCUT2D eigenvalue weighted by Crippen LogP contribution is 2.20. The van der Waals surface area contributed by atoms with E-state index >= 15 is 0 Å². The van der Waals surface area contributed by atoms with Crippen LogP contribution in [-0.2, 0) is 12.8 Å². The Labute approximate surface area is 130 Å². The van der Waals surface area contributed by atoms with Crippen LogP contribution in [0, 0.1) is 17.6 Å². The Hall–Kier alpha value is -0.930. The van der Waals surface area contributed by atoms with Gasteiger partial charge in [-0.15, -0.1) is 11.6 Å². The van der Waals surface area contributed by atoms with Crippen molar-refractivity contribution in [3.05, 3.63) is 69.7 Å². The van der Waals surface area contributed by atoms with Crippen molar-refractivity contribution < 1.29 is 8.78 Å². The fourth-order valence-corrected chi connectivity index (χ4v) is 2.84. The zero-order valence-electron chi connectivity index (χ0n) is 10.8. The minimum Gasteiger partial charge on any atom is -0.204 e. The number of rotatable bonds is 5. The molecular weight excluding hydrogens is 346 g/mol. The molecule has 0 heterocycles. The molecule has 0 nitrogen and oxygen atoms in total. The van der Waals surface area contributed by atoms with Gasteiger partial charge in [-0.05, 0) is 54.2 Å². The van der Waals surface area contributed by atoms with Crippen molar-refractivity contribution in [3.63, 3.8) is 0 Å². The Morgan fingerprint density at radius 1 is 0.950 bits per heavy atom. The predicted molar refractivity (Wildman–Crippen MR) is 82.1 cm³/mol. The van der Waals surface area contributed by atoms with E-state index in [0.717, 1.165) is 22.5 Å². The van der Waals surface area contributed by atoms with Crippen molar-refractivity contribution in [3.8, 4) is 0 Å². The minimum absolute atomic E-state index is 0.191. The van der Waals surface area contributed by atoms with E-state index in [1.165, 1.54) is 11.6 Å². The van der Waals surface area contributed by atoms with Gasteiger partial charge in [-0.1, -0.05) is 34.1 Å². The number of alkyl halides is 1. The van der Waals surface area contributed by atoms with Crippen molar-refractivity contribution in [2.24, 2.45) is 5.92 Å². The van der Waals surface area contributed by atoms with Crippen molar-refractivity contribution in [1.29, 1.82) is 0 Å². The average Bonchev–Trinajstić information content (AvgIpc) is 2.42. The van der Waals surface area contributed by atoms with E-state index in [1.54, 1.807) is 6.07 Å². The lowest BCUT2D eigenvalue weighted by Gasteiger charge is -2.14. The van der Waals surface area contributed by atoms with Gasteiger partial charge < -0.3 is 0 Å². The highest BCUT2D eigenvalue weighted by atomic mass is 79.9. The summed E-state index contributed by atoms with van der Waals surface area (Å²) in [6.07, 6.45) is 1.44. The third kappa shape index (κ3) is 4.29. The van der Waals surface area contributed by atoms with Gasteiger partial charge in [-0.25, -0.2) is 8.78 Å². The van der Waals surface area contributed by atoms with E-state index < -0.39 is 11.6 Å². The van der Waals surface area contributed by atoms with Crippen LogP contribution >= 0.6 is 27.5 Å². The summed E-state index contributed by atoms with van der Waals surface area (Å²) >= 11 is 9.43. The molecule has 20 heavy (non-hydrogen) atoms. The van der Waals surface area contributed by atoms with Crippen LogP contribution in [0.5, 0.6) is 0 Å². The van der Waals surface area contributed by atoms with Crippen LogP contribution in [-0.4, -0.2) is 5.88 Å². The Morgan fingerprint density at radius 3 is 2.25 bits per heavy atom. The van der Waals surface area contributed by atoms with E-state index in [1.807, 2.05) is 24.3 Å². The summed E-state index contributed by atoms with van der Waals surface area (Å²) in [5.41, 5.74) is 1.94. The third-order valence-corrected chi connectivity index (χ3v) is 4.07. The Balaban J connectivity index is 2.07. The molecule has 0 saturated heterocycles. The van der Waals surface area contributed by atoms with Gasteiger partial charge in [0.2, 0.25) is 0 Å². The molecule has 0 bridgehead atoms. The molecule has 0 aliphatic carbocycles. The largest absolute Gasteiger partial charge is 0.204 e. The number of benzene rings is 2. The quantitative estimate of drug-likeness (QED) is 0.630. The Bertz CT molecular complexity index is 586. The fraction of sp³-hybridized carbons (Fsp3) is 0.250. The highest BCUT2D eigenvalue weighted by molar-refractivity contribution is 9.10. The molecule has 0 saturated carbocycles. The van der Waals surface area contributed by atoms with E-state index in [4.69, 9.17) is 11.6 Å². The molecule has 0 fully saturated rings. The third-order valence-electron chi connectivity index (χ3n) is 3.14. The maximum Gasteiger partial charge on any atom is 0.159 e. The SMILES string of the molecule is Fc1ccc(CC(CCl)Cc2cccc(Br)c2)cc1F. The first kappa shape index (κ1) is 15.5. The first-order valence-corrected chi connectivity index (χ1v) is 7.65. The minimum atomic E-state index is -0.817. The van der Waals surface area contributed by atoms with Crippen LogP contribution in [0.3, 0.4) is 0 Å². The van der Waals surface area contributed by atoms with Crippen molar-refractivity contribution >= 4 is 27.5 Å². The second-order valence-corrected chi connectivity index (χ2v) is 6.03. The first-order valence-electron chi connectivity index (χ1n) is 6.33. The lowest BCUT2D eigenvalue weighted by molar-refractivity contribution is 0.503. The lowest BCUT2D eigenvalue weighted by atomic mass is 9.94. The monoisotopic (exact) mass is 358 g/mol. The van der Waals surface area contributed by atoms with Crippen LogP contribution in [0.1, 0.15) is 11.1 Å². The van der Waals surface area contributed by atoms with Gasteiger partial charge in [0.1, 0.15) is 0 Å². The molecule has 2 rings (SSSR count). The van der Waals surface area contributed by atoms with Gasteiger partial charge in [0.15, 0.2) is 11.6 Å². The average molecular weight is 360 g/mol. The van der Waals surface area contributed by atoms with Crippen LogP contribution < -0.4 is 0 Å². The number of halogens is 4. The summed E-state index contributed by atoms with van der Waals surface area (Å²) in [7, 11) is 0. The zero-order chi connectivity index (χ0) is 14.5. The van der Waals surface area contributed by atoms with Gasteiger partial charge in [-0.2, -0.15) is 0 Å². The molecule has 1 unspecified atom stereocenters. The van der Waals surface area contributed by atoms with E-state index in [-0.39, 0.29) is 5.92 Å². The second-order valence-electron chi connectivity index (χ2n) is 4.81. The molecule has 0 N–H and O–H groups in total. The molecule has 0 amide bonds. The topological polar surface area (TPSA) is 0 Å². The van der Waals surface area contributed by atoms with Crippen molar-refractivity contribution in [2.45, 2.75) is 12.8 Å². The molecule has 0 aliphatic rings. The first-order chi connectivity index (χ1) is 9.58. The molecule has 2 aromatic rings. The van der Waals surface area contributed by atoms with Crippen LogP contribution in [0.4, 0.5) is 8.78 Å². The molecular formula is C16H14BrClF2. The van der Waals surface area contributed by atoms with Crippen LogP contribution in [0.25, 0.3) is 0 Å². The predicted octanol–water partition coefficient (Wildman–Crippen LogP) is 5.37. The number of hydrogen-bond acceptors (Lipinski definition) is 0. The molecule has 0 aromatic heterocycles. The van der Waals surface area contributed by atoms with Crippen molar-refractivity contribution in [2.75, 3.05) is 5.88 Å². The Kier molecular flexibility index (Phi) is 5.55. The maximum absolute atomic E-state index is 13.2. The molecule has 0 aliphatic heterocycles. The van der Waals surface area contributed by atoms with Gasteiger partial charge >= 0.3 is 0 Å². The van der Waals surface area contributed by atoms with Crippen LogP contribution in [0.2, 0.25) is 0 Å². The van der Waals surface area contributed by atoms with Gasteiger partial charge in [0, 0.05) is 10.4 Å². The molecule has 106 valence electrons. The summed E-state index contributed by atoms with van der Waals surface area (Å²) in [6, 6.07) is 12.0. The van der Waals surface area contributed by atoms with E-state index in [0.29, 0.717) is 12.3 Å². The molecule has 2 aromatic carbocycles. The van der Waals surface area contributed by atoms with E-state index in [2.05, 4.69) is 15.9 Å². The maximum atomic E-state index is 13.2. The van der Waals surface area contributed by atoms with Gasteiger partial charge in [0.25, 0.3) is 0 Å². The van der Waals surface area contributed by atoms with Crippen LogP contribution in [0.15, 0.2) is 46.9 Å². The molecule has 1 atom stereocenters. The summed E-state index contributed by atoms with van der Waals surface area (Å²) in [6.45, 7) is 0. The van der Waals surface area contributed by atoms with Crippen molar-refractivity contribution in [1.82, 2.24) is 0 Å². The summed E-state index contributed by atoms with van der Waals surface area (Å²) in [5, 5.41) is 0. The molecule has 0 spiro atoms. The standard InChI is InChI=1S/C16H14BrClF2/c17-14-3-1-2-11(8-14)6-13(10-18)7-12-4-5-15(19)16(20)9-12/h1-5,8-9,13H,6-7,10H2. The van der Waals surface area contributed by atoms with E-state index in [9.17, 15) is 8.78 Å². The molecule has 0 radical (unpaired) electrons. The summed E-state index contributed by atoms with van der Waals surface area (Å²) in [5.74, 6) is -0.955. The highest BCUT2D eigenvalue weighted by Gasteiger charge is 2.12. The Morgan fingerprint density at radius 2 is 1.65 bits per heavy atom. The summed E-state index contributed by atoms with van der Waals surface area (Å²) in [4.78, 5) is 0. The smallest absolute Gasteiger partial charge is 0.159 e. The van der Waals surface area contributed by atoms with Gasteiger partial charge in [-0.3, -0.25) is 0 Å².